The first-order valence-corrected chi connectivity index (χ1v) is 7.64. The summed E-state index contributed by atoms with van der Waals surface area (Å²) in [4.78, 5) is 2.28. The van der Waals surface area contributed by atoms with Gasteiger partial charge in [0.25, 0.3) is 0 Å². The maximum Gasteiger partial charge on any atom is 0.0426 e. The van der Waals surface area contributed by atoms with Gasteiger partial charge in [-0.05, 0) is 54.8 Å². The van der Waals surface area contributed by atoms with E-state index in [1.807, 2.05) is 0 Å². The summed E-state index contributed by atoms with van der Waals surface area (Å²) in [6.45, 7) is 3.76. The van der Waals surface area contributed by atoms with Gasteiger partial charge in [0.1, 0.15) is 0 Å². The average molecular weight is 333 g/mol. The molecule has 0 aliphatic carbocycles. The molecule has 20 heavy (non-hydrogen) atoms. The van der Waals surface area contributed by atoms with E-state index in [4.69, 9.17) is 5.73 Å². The molecule has 0 saturated carbocycles. The molecule has 2 rings (SSSR count). The molecule has 106 valence electrons. The molecule has 2 aromatic carbocycles. The number of nitrogens with zero attached hydrogens (tertiary/aromatic N) is 1. The van der Waals surface area contributed by atoms with Crippen LogP contribution in [-0.4, -0.2) is 13.6 Å². The van der Waals surface area contributed by atoms with Crippen LogP contribution in [0.5, 0.6) is 0 Å². The molecule has 0 aromatic heterocycles. The van der Waals surface area contributed by atoms with Crippen LogP contribution in [0.25, 0.3) is 0 Å². The number of halogens is 1. The third kappa shape index (κ3) is 3.84. The zero-order valence-corrected chi connectivity index (χ0v) is 13.7. The summed E-state index contributed by atoms with van der Waals surface area (Å²) in [5.74, 6) is 0. The molecule has 0 spiro atoms. The Morgan fingerprint density at radius 2 is 1.90 bits per heavy atom. The highest BCUT2D eigenvalue weighted by Gasteiger charge is 2.06. The number of benzene rings is 2. The molecule has 0 amide bonds. The van der Waals surface area contributed by atoms with Gasteiger partial charge in [0.2, 0.25) is 0 Å². The van der Waals surface area contributed by atoms with Gasteiger partial charge in [0.15, 0.2) is 0 Å². The van der Waals surface area contributed by atoms with Crippen molar-refractivity contribution in [2.24, 2.45) is 5.73 Å². The van der Waals surface area contributed by atoms with Gasteiger partial charge in [-0.25, -0.2) is 0 Å². The molecule has 0 unspecified atom stereocenters. The van der Waals surface area contributed by atoms with Gasteiger partial charge < -0.3 is 10.6 Å². The molecule has 0 atom stereocenters. The smallest absolute Gasteiger partial charge is 0.0426 e. The second-order valence-electron chi connectivity index (χ2n) is 5.15. The van der Waals surface area contributed by atoms with E-state index in [0.717, 1.165) is 17.4 Å². The fourth-order valence-corrected chi connectivity index (χ4v) is 2.91. The fourth-order valence-electron chi connectivity index (χ4n) is 2.46. The largest absolute Gasteiger partial charge is 0.370 e. The third-order valence-corrected chi connectivity index (χ3v) is 3.91. The average Bonchev–Trinajstić information content (AvgIpc) is 2.39. The zero-order valence-electron chi connectivity index (χ0n) is 12.1. The summed E-state index contributed by atoms with van der Waals surface area (Å²) in [6, 6.07) is 15.0. The van der Waals surface area contributed by atoms with Crippen molar-refractivity contribution in [2.75, 3.05) is 18.5 Å². The maximum atomic E-state index is 5.61. The minimum atomic E-state index is 0.701. The first-order chi connectivity index (χ1) is 9.60. The van der Waals surface area contributed by atoms with E-state index in [2.05, 4.69) is 77.3 Å². The minimum absolute atomic E-state index is 0.701. The first-order valence-electron chi connectivity index (χ1n) is 6.85. The van der Waals surface area contributed by atoms with Crippen molar-refractivity contribution in [3.05, 3.63) is 63.6 Å². The Morgan fingerprint density at radius 1 is 1.10 bits per heavy atom. The van der Waals surface area contributed by atoms with E-state index in [9.17, 15) is 0 Å². The lowest BCUT2D eigenvalue weighted by molar-refractivity contribution is 0.911. The molecule has 0 radical (unpaired) electrons. The fraction of sp³-hybridized carbons (Fsp3) is 0.294. The standard InChI is InChI=1S/C17H21BrN2/c1-13-10-14(8-9-19)6-7-17(13)20(2)12-15-4-3-5-16(18)11-15/h3-7,10-11H,8-9,12,19H2,1-2H3. The highest BCUT2D eigenvalue weighted by Crippen LogP contribution is 2.23. The number of aryl methyl sites for hydroxylation is 1. The van der Waals surface area contributed by atoms with Crippen LogP contribution in [0.1, 0.15) is 16.7 Å². The van der Waals surface area contributed by atoms with Gasteiger partial charge in [-0.2, -0.15) is 0 Å². The Bertz CT molecular complexity index is 581. The van der Waals surface area contributed by atoms with Gasteiger partial charge in [-0.3, -0.25) is 0 Å². The Morgan fingerprint density at radius 3 is 2.55 bits per heavy atom. The second-order valence-corrected chi connectivity index (χ2v) is 6.06. The van der Waals surface area contributed by atoms with E-state index in [1.165, 1.54) is 22.4 Å². The van der Waals surface area contributed by atoms with Crippen molar-refractivity contribution >= 4 is 21.6 Å². The van der Waals surface area contributed by atoms with Crippen molar-refractivity contribution in [2.45, 2.75) is 19.9 Å². The van der Waals surface area contributed by atoms with E-state index in [-0.39, 0.29) is 0 Å². The molecule has 0 heterocycles. The van der Waals surface area contributed by atoms with Crippen LogP contribution in [0.2, 0.25) is 0 Å². The highest BCUT2D eigenvalue weighted by atomic mass is 79.9. The van der Waals surface area contributed by atoms with Crippen molar-refractivity contribution in [1.82, 2.24) is 0 Å². The van der Waals surface area contributed by atoms with E-state index in [1.54, 1.807) is 0 Å². The van der Waals surface area contributed by atoms with Crippen LogP contribution < -0.4 is 10.6 Å². The lowest BCUT2D eigenvalue weighted by atomic mass is 10.1. The predicted octanol–water partition coefficient (Wildman–Crippen LogP) is 3.90. The number of nitrogens with two attached hydrogens (primary N) is 1. The Kier molecular flexibility index (Phi) is 5.21. The topological polar surface area (TPSA) is 29.3 Å². The zero-order chi connectivity index (χ0) is 14.5. The normalized spacial score (nSPS) is 10.6. The number of hydrogen-bond acceptors (Lipinski definition) is 2. The number of rotatable bonds is 5. The van der Waals surface area contributed by atoms with Crippen molar-refractivity contribution in [1.29, 1.82) is 0 Å². The summed E-state index contributed by atoms with van der Waals surface area (Å²) in [5.41, 5.74) is 10.8. The Labute approximate surface area is 129 Å². The molecule has 0 saturated heterocycles. The van der Waals surface area contributed by atoms with Gasteiger partial charge in [0, 0.05) is 23.8 Å². The molecular weight excluding hydrogens is 312 g/mol. The molecule has 3 heteroatoms. The second kappa shape index (κ2) is 6.91. The first kappa shape index (κ1) is 15.1. The monoisotopic (exact) mass is 332 g/mol. The molecule has 2 aromatic rings. The number of anilines is 1. The highest BCUT2D eigenvalue weighted by molar-refractivity contribution is 9.10. The van der Waals surface area contributed by atoms with Crippen molar-refractivity contribution in [3.63, 3.8) is 0 Å². The summed E-state index contributed by atoms with van der Waals surface area (Å²) in [6.07, 6.45) is 0.941. The molecule has 0 aliphatic heterocycles. The molecule has 2 N–H and O–H groups in total. The molecule has 2 nitrogen and oxygen atoms in total. The van der Waals surface area contributed by atoms with E-state index in [0.29, 0.717) is 6.54 Å². The lowest BCUT2D eigenvalue weighted by Gasteiger charge is -2.22. The van der Waals surface area contributed by atoms with Crippen LogP contribution in [0.3, 0.4) is 0 Å². The van der Waals surface area contributed by atoms with Crippen LogP contribution in [0, 0.1) is 6.92 Å². The lowest BCUT2D eigenvalue weighted by Crippen LogP contribution is -2.17. The summed E-state index contributed by atoms with van der Waals surface area (Å²) in [7, 11) is 2.13. The van der Waals surface area contributed by atoms with Gasteiger partial charge in [-0.1, -0.05) is 40.2 Å². The SMILES string of the molecule is Cc1cc(CCN)ccc1N(C)Cc1cccc(Br)c1. The summed E-state index contributed by atoms with van der Waals surface area (Å²) in [5, 5.41) is 0. The van der Waals surface area contributed by atoms with Gasteiger partial charge >= 0.3 is 0 Å². The Balaban J connectivity index is 2.14. The van der Waals surface area contributed by atoms with E-state index >= 15 is 0 Å². The van der Waals surface area contributed by atoms with E-state index < -0.39 is 0 Å². The van der Waals surface area contributed by atoms with Crippen molar-refractivity contribution in [3.8, 4) is 0 Å². The van der Waals surface area contributed by atoms with Crippen LogP contribution in [0.4, 0.5) is 5.69 Å². The summed E-state index contributed by atoms with van der Waals surface area (Å²) >= 11 is 3.52. The van der Waals surface area contributed by atoms with Crippen LogP contribution in [0.15, 0.2) is 46.9 Å². The van der Waals surface area contributed by atoms with Crippen LogP contribution >= 0.6 is 15.9 Å². The Hall–Kier alpha value is -1.32. The summed E-state index contributed by atoms with van der Waals surface area (Å²) < 4.78 is 1.12. The minimum Gasteiger partial charge on any atom is -0.370 e. The van der Waals surface area contributed by atoms with Gasteiger partial charge in [0.05, 0.1) is 0 Å². The van der Waals surface area contributed by atoms with Crippen LogP contribution in [-0.2, 0) is 13.0 Å². The molecule has 0 fully saturated rings. The predicted molar refractivity (Wildman–Crippen MR) is 90.2 cm³/mol. The quantitative estimate of drug-likeness (QED) is 0.899. The maximum absolute atomic E-state index is 5.61. The van der Waals surface area contributed by atoms with Crippen molar-refractivity contribution < 1.29 is 0 Å². The molecule has 0 bridgehead atoms. The van der Waals surface area contributed by atoms with Gasteiger partial charge in [-0.15, -0.1) is 0 Å². The molecule has 0 aliphatic rings. The molecular formula is C17H21BrN2. The third-order valence-electron chi connectivity index (χ3n) is 3.41. The number of hydrogen-bond donors (Lipinski definition) is 1.